The van der Waals surface area contributed by atoms with Gasteiger partial charge in [-0.2, -0.15) is 15.8 Å². The van der Waals surface area contributed by atoms with E-state index in [9.17, 15) is 15.8 Å². The molecule has 0 bridgehead atoms. The van der Waals surface area contributed by atoms with E-state index in [0.717, 1.165) is 36.0 Å². The van der Waals surface area contributed by atoms with Crippen LogP contribution in [0.2, 0.25) is 0 Å². The van der Waals surface area contributed by atoms with Gasteiger partial charge in [0.15, 0.2) is 5.41 Å². The van der Waals surface area contributed by atoms with Crippen LogP contribution in [0.15, 0.2) is 77.5 Å². The SMILES string of the molecule is N#CC1=C(N)C(C#N)(C#N)[C@@H](c2cccc(OCc3ccccc3)c2)[C@@H]2CCCC=C12. The fourth-order valence-electron chi connectivity index (χ4n) is 4.79. The van der Waals surface area contributed by atoms with Gasteiger partial charge in [0.25, 0.3) is 0 Å². The smallest absolute Gasteiger partial charge is 0.191 e. The van der Waals surface area contributed by atoms with E-state index in [1.807, 2.05) is 60.7 Å². The van der Waals surface area contributed by atoms with Gasteiger partial charge in [-0.25, -0.2) is 0 Å². The van der Waals surface area contributed by atoms with E-state index in [4.69, 9.17) is 10.5 Å². The molecule has 2 aliphatic rings. The molecule has 5 nitrogen and oxygen atoms in total. The summed E-state index contributed by atoms with van der Waals surface area (Å²) in [5, 5.41) is 30.0. The van der Waals surface area contributed by atoms with Crippen LogP contribution in [-0.2, 0) is 6.61 Å². The zero-order valence-corrected chi connectivity index (χ0v) is 17.1. The van der Waals surface area contributed by atoms with Gasteiger partial charge in [-0.05, 0) is 54.0 Å². The first-order valence-corrected chi connectivity index (χ1v) is 10.3. The summed E-state index contributed by atoms with van der Waals surface area (Å²) < 4.78 is 5.99. The Morgan fingerprint density at radius 1 is 1.03 bits per heavy atom. The van der Waals surface area contributed by atoms with Crippen molar-refractivity contribution < 1.29 is 4.74 Å². The summed E-state index contributed by atoms with van der Waals surface area (Å²) in [6, 6.07) is 23.9. The number of ether oxygens (including phenoxy) is 1. The molecule has 2 aromatic carbocycles. The second-order valence-electron chi connectivity index (χ2n) is 7.95. The lowest BCUT2D eigenvalue weighted by atomic mass is 9.57. The standard InChI is InChI=1S/C26H22N4O/c27-14-23-21-11-4-5-12-22(21)24(26(16-28,17-29)25(23)30)19-9-6-10-20(13-19)31-15-18-7-2-1-3-8-18/h1-3,6-11,13,22,24H,4-5,12,15,30H2/t22-,24+/m1/s1. The number of allylic oxidation sites excluding steroid dienone is 4. The Morgan fingerprint density at radius 2 is 1.81 bits per heavy atom. The van der Waals surface area contributed by atoms with Crippen molar-refractivity contribution in [1.29, 1.82) is 15.8 Å². The molecule has 0 fully saturated rings. The van der Waals surface area contributed by atoms with Crippen molar-refractivity contribution in [3.63, 3.8) is 0 Å². The Labute approximate surface area is 182 Å². The Kier molecular flexibility index (Phi) is 5.48. The minimum atomic E-state index is -1.59. The predicted molar refractivity (Wildman–Crippen MR) is 116 cm³/mol. The van der Waals surface area contributed by atoms with E-state index >= 15 is 0 Å². The molecule has 5 heteroatoms. The molecule has 0 saturated heterocycles. The molecule has 2 aliphatic carbocycles. The van der Waals surface area contributed by atoms with Gasteiger partial charge in [-0.1, -0.05) is 48.5 Å². The maximum atomic E-state index is 10.1. The highest BCUT2D eigenvalue weighted by molar-refractivity contribution is 5.59. The highest BCUT2D eigenvalue weighted by atomic mass is 16.5. The van der Waals surface area contributed by atoms with Crippen LogP contribution in [0.1, 0.15) is 36.3 Å². The normalized spacial score (nSPS) is 21.6. The number of hydrogen-bond acceptors (Lipinski definition) is 5. The van der Waals surface area contributed by atoms with E-state index in [2.05, 4.69) is 18.2 Å². The second kappa shape index (κ2) is 8.39. The first-order valence-electron chi connectivity index (χ1n) is 10.3. The highest BCUT2D eigenvalue weighted by Gasteiger charge is 2.53. The number of benzene rings is 2. The Balaban J connectivity index is 1.77. The Bertz CT molecular complexity index is 1160. The van der Waals surface area contributed by atoms with E-state index in [-0.39, 0.29) is 11.6 Å². The van der Waals surface area contributed by atoms with Gasteiger partial charge in [0.05, 0.1) is 23.4 Å². The molecule has 0 aliphatic heterocycles. The predicted octanol–water partition coefficient (Wildman–Crippen LogP) is 4.86. The third-order valence-electron chi connectivity index (χ3n) is 6.26. The maximum absolute atomic E-state index is 10.1. The first-order chi connectivity index (χ1) is 15.1. The number of rotatable bonds is 4. The van der Waals surface area contributed by atoms with E-state index in [0.29, 0.717) is 17.9 Å². The molecule has 0 unspecified atom stereocenters. The van der Waals surface area contributed by atoms with Gasteiger partial charge >= 0.3 is 0 Å². The molecular weight excluding hydrogens is 384 g/mol. The zero-order chi connectivity index (χ0) is 21.8. The zero-order valence-electron chi connectivity index (χ0n) is 17.1. The van der Waals surface area contributed by atoms with Crippen LogP contribution in [-0.4, -0.2) is 0 Å². The molecule has 0 radical (unpaired) electrons. The van der Waals surface area contributed by atoms with Crippen molar-refractivity contribution in [1.82, 2.24) is 0 Å². The van der Waals surface area contributed by atoms with Crippen molar-refractivity contribution in [3.05, 3.63) is 88.6 Å². The third-order valence-corrected chi connectivity index (χ3v) is 6.26. The molecule has 0 spiro atoms. The average Bonchev–Trinajstić information content (AvgIpc) is 2.83. The minimum Gasteiger partial charge on any atom is -0.489 e. The van der Waals surface area contributed by atoms with E-state index in [1.54, 1.807) is 0 Å². The lowest BCUT2D eigenvalue weighted by molar-refractivity contribution is 0.299. The second-order valence-corrected chi connectivity index (χ2v) is 7.95. The van der Waals surface area contributed by atoms with Crippen LogP contribution in [0.4, 0.5) is 0 Å². The fraction of sp³-hybridized carbons (Fsp3) is 0.269. The van der Waals surface area contributed by atoms with Gasteiger partial charge in [-0.3, -0.25) is 0 Å². The summed E-state index contributed by atoms with van der Waals surface area (Å²) in [5.41, 5.74) is 7.84. The van der Waals surface area contributed by atoms with Gasteiger partial charge < -0.3 is 10.5 Å². The molecule has 0 heterocycles. The highest BCUT2D eigenvalue weighted by Crippen LogP contribution is 2.56. The maximum Gasteiger partial charge on any atom is 0.191 e. The molecular formula is C26H22N4O. The monoisotopic (exact) mass is 406 g/mol. The number of nitrogens with two attached hydrogens (primary N) is 1. The van der Waals surface area contributed by atoms with Crippen LogP contribution in [0.25, 0.3) is 0 Å². The molecule has 0 aromatic heterocycles. The largest absolute Gasteiger partial charge is 0.489 e. The summed E-state index contributed by atoms with van der Waals surface area (Å²) in [7, 11) is 0. The quantitative estimate of drug-likeness (QED) is 0.780. The van der Waals surface area contributed by atoms with Crippen LogP contribution < -0.4 is 10.5 Å². The van der Waals surface area contributed by atoms with Gasteiger partial charge in [0.2, 0.25) is 0 Å². The molecule has 2 aromatic rings. The Hall–Kier alpha value is -4.01. The summed E-state index contributed by atoms with van der Waals surface area (Å²) in [6.07, 6.45) is 4.65. The molecule has 2 atom stereocenters. The van der Waals surface area contributed by atoms with Gasteiger partial charge in [0, 0.05) is 5.92 Å². The summed E-state index contributed by atoms with van der Waals surface area (Å²) in [6.45, 7) is 0.422. The molecule has 2 N–H and O–H groups in total. The summed E-state index contributed by atoms with van der Waals surface area (Å²) in [5.74, 6) is 0.0897. The van der Waals surface area contributed by atoms with Crippen molar-refractivity contribution in [2.24, 2.45) is 17.1 Å². The topological polar surface area (TPSA) is 107 Å². The number of nitrogens with zero attached hydrogens (tertiary/aromatic N) is 3. The van der Waals surface area contributed by atoms with Crippen molar-refractivity contribution in [2.75, 3.05) is 0 Å². The lowest BCUT2D eigenvalue weighted by Crippen LogP contribution is -2.42. The fourth-order valence-corrected chi connectivity index (χ4v) is 4.79. The lowest BCUT2D eigenvalue weighted by Gasteiger charge is -2.43. The van der Waals surface area contributed by atoms with Crippen LogP contribution >= 0.6 is 0 Å². The average molecular weight is 406 g/mol. The molecule has 152 valence electrons. The van der Waals surface area contributed by atoms with Gasteiger partial charge in [-0.15, -0.1) is 0 Å². The van der Waals surface area contributed by atoms with Gasteiger partial charge in [0.1, 0.15) is 18.4 Å². The van der Waals surface area contributed by atoms with Crippen LogP contribution in [0.3, 0.4) is 0 Å². The third kappa shape index (κ3) is 3.43. The molecule has 0 amide bonds. The number of fused-ring (bicyclic) bond motifs is 1. The van der Waals surface area contributed by atoms with Crippen molar-refractivity contribution >= 4 is 0 Å². The molecule has 31 heavy (non-hydrogen) atoms. The van der Waals surface area contributed by atoms with Crippen molar-refractivity contribution in [2.45, 2.75) is 31.8 Å². The van der Waals surface area contributed by atoms with Crippen molar-refractivity contribution in [3.8, 4) is 24.0 Å². The number of nitriles is 3. The summed E-state index contributed by atoms with van der Waals surface area (Å²) in [4.78, 5) is 0. The van der Waals surface area contributed by atoms with Crippen LogP contribution in [0, 0.1) is 45.3 Å². The summed E-state index contributed by atoms with van der Waals surface area (Å²) >= 11 is 0. The number of hydrogen-bond donors (Lipinski definition) is 1. The van der Waals surface area contributed by atoms with E-state index in [1.165, 1.54) is 0 Å². The van der Waals surface area contributed by atoms with E-state index < -0.39 is 11.3 Å². The van der Waals surface area contributed by atoms with Crippen LogP contribution in [0.5, 0.6) is 5.75 Å². The minimum absolute atomic E-state index is 0.0602. The molecule has 0 saturated carbocycles. The molecule has 4 rings (SSSR count). The Morgan fingerprint density at radius 3 is 2.52 bits per heavy atom. The first kappa shape index (κ1) is 20.3.